The minimum atomic E-state index is -0.496. The van der Waals surface area contributed by atoms with Crippen molar-refractivity contribution in [1.82, 2.24) is 0 Å². The number of nitro benzene ring substituents is 1. The van der Waals surface area contributed by atoms with Crippen LogP contribution in [0.5, 0.6) is 0 Å². The molecular weight excluding hydrogens is 242 g/mol. The van der Waals surface area contributed by atoms with Gasteiger partial charge in [-0.15, -0.1) is 0 Å². The number of nitriles is 1. The van der Waals surface area contributed by atoms with Crippen molar-refractivity contribution in [2.75, 3.05) is 11.1 Å². The van der Waals surface area contributed by atoms with Gasteiger partial charge in [0.25, 0.3) is 5.69 Å². The van der Waals surface area contributed by atoms with E-state index in [9.17, 15) is 14.9 Å². The van der Waals surface area contributed by atoms with Crippen molar-refractivity contribution in [3.05, 3.63) is 33.9 Å². The number of hydrogen-bond donors (Lipinski definition) is 1. The number of amides is 1. The molecule has 0 bridgehead atoms. The van der Waals surface area contributed by atoms with Gasteiger partial charge >= 0.3 is 0 Å². The molecule has 0 atom stereocenters. The lowest BCUT2D eigenvalue weighted by Gasteiger charge is -2.06. The fraction of sp³-hybridized carbons (Fsp3) is 0.200. The highest BCUT2D eigenvalue weighted by molar-refractivity contribution is 8.04. The van der Waals surface area contributed by atoms with Crippen molar-refractivity contribution in [2.24, 2.45) is 0 Å². The number of hydrogen-bond acceptors (Lipinski definition) is 5. The van der Waals surface area contributed by atoms with Gasteiger partial charge in [0, 0.05) is 17.8 Å². The van der Waals surface area contributed by atoms with Crippen LogP contribution in [0.3, 0.4) is 0 Å². The van der Waals surface area contributed by atoms with E-state index in [1.54, 1.807) is 12.3 Å². The zero-order valence-corrected chi connectivity index (χ0v) is 9.78. The van der Waals surface area contributed by atoms with Gasteiger partial charge in [0.15, 0.2) is 0 Å². The van der Waals surface area contributed by atoms with Crippen molar-refractivity contribution < 1.29 is 9.72 Å². The summed E-state index contributed by atoms with van der Waals surface area (Å²) in [5, 5.41) is 23.2. The second-order valence-electron chi connectivity index (χ2n) is 3.18. The fourth-order valence-corrected chi connectivity index (χ4v) is 1.45. The van der Waals surface area contributed by atoms with Gasteiger partial charge in [0.1, 0.15) is 5.40 Å². The number of anilines is 1. The van der Waals surface area contributed by atoms with Gasteiger partial charge in [-0.25, -0.2) is 0 Å². The lowest BCUT2D eigenvalue weighted by atomic mass is 10.2. The average molecular weight is 251 g/mol. The third-order valence-corrected chi connectivity index (χ3v) is 2.50. The van der Waals surface area contributed by atoms with Crippen LogP contribution in [-0.4, -0.2) is 16.6 Å². The van der Waals surface area contributed by atoms with E-state index in [0.29, 0.717) is 11.3 Å². The number of nitrogens with one attached hydrogen (secondary N) is 1. The van der Waals surface area contributed by atoms with Crippen LogP contribution in [0.1, 0.15) is 5.56 Å². The maximum absolute atomic E-state index is 11.3. The highest BCUT2D eigenvalue weighted by Gasteiger charge is 2.10. The van der Waals surface area contributed by atoms with Crippen LogP contribution in [0.15, 0.2) is 18.2 Å². The molecule has 1 N–H and O–H groups in total. The molecule has 1 amide bonds. The Morgan fingerprint density at radius 3 is 2.88 bits per heavy atom. The molecule has 0 spiro atoms. The fourth-order valence-electron chi connectivity index (χ4n) is 1.19. The van der Waals surface area contributed by atoms with Crippen LogP contribution in [0.25, 0.3) is 0 Å². The first-order chi connectivity index (χ1) is 8.04. The van der Waals surface area contributed by atoms with Crippen molar-refractivity contribution in [3.63, 3.8) is 0 Å². The Morgan fingerprint density at radius 1 is 1.65 bits per heavy atom. The Labute approximate surface area is 102 Å². The molecule has 1 aromatic rings. The minimum Gasteiger partial charge on any atom is -0.325 e. The Balaban J connectivity index is 2.76. The van der Waals surface area contributed by atoms with Crippen LogP contribution in [0, 0.1) is 27.7 Å². The Bertz CT molecular complexity index is 496. The topological polar surface area (TPSA) is 96.0 Å². The number of thiocyanates is 1. The summed E-state index contributed by atoms with van der Waals surface area (Å²) in [6.45, 7) is 1.67. The number of benzene rings is 1. The molecule has 0 aliphatic rings. The number of thioether (sulfide) groups is 1. The van der Waals surface area contributed by atoms with E-state index in [1.807, 2.05) is 0 Å². The maximum Gasteiger partial charge on any atom is 0.269 e. The molecule has 0 saturated carbocycles. The third kappa shape index (κ3) is 3.77. The van der Waals surface area contributed by atoms with Crippen LogP contribution < -0.4 is 5.32 Å². The molecule has 7 heteroatoms. The molecule has 0 unspecified atom stereocenters. The van der Waals surface area contributed by atoms with E-state index in [-0.39, 0.29) is 17.3 Å². The molecule has 0 aliphatic heterocycles. The van der Waals surface area contributed by atoms with E-state index in [2.05, 4.69) is 5.32 Å². The zero-order chi connectivity index (χ0) is 12.8. The highest BCUT2D eigenvalue weighted by Crippen LogP contribution is 2.21. The molecule has 0 heterocycles. The predicted molar refractivity (Wildman–Crippen MR) is 64.5 cm³/mol. The van der Waals surface area contributed by atoms with Gasteiger partial charge < -0.3 is 5.32 Å². The maximum atomic E-state index is 11.3. The molecule has 0 aromatic heterocycles. The molecule has 88 valence electrons. The number of non-ortho nitro benzene ring substituents is 1. The summed E-state index contributed by atoms with van der Waals surface area (Å²) in [6, 6.07) is 4.18. The van der Waals surface area contributed by atoms with Crippen molar-refractivity contribution in [1.29, 1.82) is 5.26 Å². The van der Waals surface area contributed by atoms with Crippen molar-refractivity contribution >= 4 is 29.0 Å². The second kappa shape index (κ2) is 5.86. The smallest absolute Gasteiger partial charge is 0.269 e. The summed E-state index contributed by atoms with van der Waals surface area (Å²) in [5.41, 5.74) is 1.10. The lowest BCUT2D eigenvalue weighted by Crippen LogP contribution is -2.14. The van der Waals surface area contributed by atoms with E-state index in [4.69, 9.17) is 5.26 Å². The van der Waals surface area contributed by atoms with Crippen LogP contribution in [-0.2, 0) is 4.79 Å². The SMILES string of the molecule is Cc1cc([N+](=O)[O-])ccc1NC(=O)CSC#N. The Morgan fingerprint density at radius 2 is 2.35 bits per heavy atom. The van der Waals surface area contributed by atoms with Gasteiger partial charge in [-0.2, -0.15) is 5.26 Å². The number of carbonyl (C=O) groups is 1. The third-order valence-electron chi connectivity index (χ3n) is 1.96. The minimum absolute atomic E-state index is 0.0214. The molecule has 0 saturated heterocycles. The first kappa shape index (κ1) is 13.0. The second-order valence-corrected chi connectivity index (χ2v) is 3.94. The van der Waals surface area contributed by atoms with E-state index < -0.39 is 4.92 Å². The van der Waals surface area contributed by atoms with Gasteiger partial charge in [0.05, 0.1) is 10.7 Å². The number of nitro groups is 1. The van der Waals surface area contributed by atoms with Gasteiger partial charge in [-0.05, 0) is 30.3 Å². The summed E-state index contributed by atoms with van der Waals surface area (Å²) in [6.07, 6.45) is 0. The molecule has 6 nitrogen and oxygen atoms in total. The predicted octanol–water partition coefficient (Wildman–Crippen LogP) is 2.06. The molecule has 1 rings (SSSR count). The van der Waals surface area contributed by atoms with Gasteiger partial charge in [0.2, 0.25) is 5.91 Å². The van der Waals surface area contributed by atoms with Crippen LogP contribution in [0.4, 0.5) is 11.4 Å². The average Bonchev–Trinajstić information content (AvgIpc) is 2.28. The monoisotopic (exact) mass is 251 g/mol. The van der Waals surface area contributed by atoms with Gasteiger partial charge in [-0.1, -0.05) is 0 Å². The van der Waals surface area contributed by atoms with Crippen LogP contribution in [0.2, 0.25) is 0 Å². The van der Waals surface area contributed by atoms with Gasteiger partial charge in [-0.3, -0.25) is 14.9 Å². The number of carbonyl (C=O) groups excluding carboxylic acids is 1. The normalized spacial score (nSPS) is 9.41. The van der Waals surface area contributed by atoms with E-state index in [0.717, 1.165) is 11.8 Å². The summed E-state index contributed by atoms with van der Waals surface area (Å²) in [5.74, 6) is -0.277. The molecule has 17 heavy (non-hydrogen) atoms. The summed E-state index contributed by atoms with van der Waals surface area (Å²) in [4.78, 5) is 21.3. The summed E-state index contributed by atoms with van der Waals surface area (Å²) >= 11 is 0.835. The van der Waals surface area contributed by atoms with E-state index >= 15 is 0 Å². The standard InChI is InChI=1S/C10H9N3O3S/c1-7-4-8(13(15)16)2-3-9(7)12-10(14)5-17-6-11/h2-4H,5H2,1H3,(H,12,14). The Kier molecular flexibility index (Phi) is 4.48. The molecular formula is C10H9N3O3S. The molecule has 1 aromatic carbocycles. The highest BCUT2D eigenvalue weighted by atomic mass is 32.2. The number of rotatable bonds is 4. The number of nitrogens with zero attached hydrogens (tertiary/aromatic N) is 2. The summed E-state index contributed by atoms with van der Waals surface area (Å²) in [7, 11) is 0. The first-order valence-electron chi connectivity index (χ1n) is 4.60. The largest absolute Gasteiger partial charge is 0.325 e. The molecule has 0 fully saturated rings. The number of aryl methyl sites for hydroxylation is 1. The first-order valence-corrected chi connectivity index (χ1v) is 5.59. The van der Waals surface area contributed by atoms with Crippen molar-refractivity contribution in [3.8, 4) is 5.40 Å². The van der Waals surface area contributed by atoms with E-state index in [1.165, 1.54) is 18.2 Å². The summed E-state index contributed by atoms with van der Waals surface area (Å²) < 4.78 is 0. The lowest BCUT2D eigenvalue weighted by molar-refractivity contribution is -0.384. The van der Waals surface area contributed by atoms with Crippen molar-refractivity contribution in [2.45, 2.75) is 6.92 Å². The Hall–Kier alpha value is -2.07. The van der Waals surface area contributed by atoms with Crippen LogP contribution >= 0.6 is 11.8 Å². The quantitative estimate of drug-likeness (QED) is 0.502. The molecule has 0 radical (unpaired) electrons. The molecule has 0 aliphatic carbocycles. The zero-order valence-electron chi connectivity index (χ0n) is 8.97.